The molecule has 2 rings (SSSR count). The molecule has 0 amide bonds. The van der Waals surface area contributed by atoms with Crippen molar-refractivity contribution in [2.75, 3.05) is 14.2 Å². The summed E-state index contributed by atoms with van der Waals surface area (Å²) in [5.41, 5.74) is 0.892. The van der Waals surface area contributed by atoms with Gasteiger partial charge in [-0.25, -0.2) is 0 Å². The van der Waals surface area contributed by atoms with Gasteiger partial charge in [0.2, 0.25) is 0 Å². The van der Waals surface area contributed by atoms with Crippen LogP contribution in [0.5, 0.6) is 11.5 Å². The Balaban J connectivity index is 1.94. The quantitative estimate of drug-likeness (QED) is 0.600. The summed E-state index contributed by atoms with van der Waals surface area (Å²) in [4.78, 5) is 6.36. The van der Waals surface area contributed by atoms with Gasteiger partial charge in [0.05, 0.1) is 20.4 Å². The van der Waals surface area contributed by atoms with Crippen molar-refractivity contribution in [3.63, 3.8) is 0 Å². The first-order valence-corrected chi connectivity index (χ1v) is 6.61. The Morgan fingerprint density at radius 1 is 1.16 bits per heavy atom. The lowest BCUT2D eigenvalue weighted by atomic mass is 10.2. The Morgan fingerprint density at radius 2 is 2.00 bits per heavy atom. The first-order chi connectivity index (χ1) is 9.33. The van der Waals surface area contributed by atoms with E-state index in [-0.39, 0.29) is 0 Å². The number of hydrogen-bond donors (Lipinski definition) is 0. The molecule has 0 aliphatic carbocycles. The van der Waals surface area contributed by atoms with Gasteiger partial charge in [-0.05, 0) is 29.6 Å². The Hall–Kier alpha value is -2.01. The summed E-state index contributed by atoms with van der Waals surface area (Å²) >= 11 is 1.64. The third-order valence-corrected chi connectivity index (χ3v) is 3.32. The topological polar surface area (TPSA) is 40.0 Å². The standard InChI is InChI=1S/C14H15NO3S/c1-16-13-6-5-11(8-14(13)17-2)9-15-18-10-12-4-3-7-19-12/h3-9H,10H2,1-2H3. The average Bonchev–Trinajstić information content (AvgIpc) is 2.96. The molecule has 5 heteroatoms. The second-order valence-electron chi connectivity index (χ2n) is 3.70. The number of rotatable bonds is 6. The van der Waals surface area contributed by atoms with Gasteiger partial charge >= 0.3 is 0 Å². The second-order valence-corrected chi connectivity index (χ2v) is 4.73. The van der Waals surface area contributed by atoms with E-state index >= 15 is 0 Å². The van der Waals surface area contributed by atoms with Crippen molar-refractivity contribution < 1.29 is 14.3 Å². The highest BCUT2D eigenvalue weighted by atomic mass is 32.1. The molecule has 0 saturated carbocycles. The molecule has 0 bridgehead atoms. The minimum absolute atomic E-state index is 0.488. The Morgan fingerprint density at radius 3 is 2.68 bits per heavy atom. The van der Waals surface area contributed by atoms with Gasteiger partial charge in [-0.3, -0.25) is 0 Å². The zero-order valence-corrected chi connectivity index (χ0v) is 11.6. The van der Waals surface area contributed by atoms with Gasteiger partial charge in [0.1, 0.15) is 0 Å². The van der Waals surface area contributed by atoms with E-state index in [0.717, 1.165) is 10.4 Å². The molecule has 1 heterocycles. The number of ether oxygens (including phenoxy) is 2. The molecule has 19 heavy (non-hydrogen) atoms. The first kappa shape index (κ1) is 13.4. The van der Waals surface area contributed by atoms with Gasteiger partial charge in [0, 0.05) is 10.4 Å². The highest BCUT2D eigenvalue weighted by Gasteiger charge is 2.02. The lowest BCUT2D eigenvalue weighted by Crippen LogP contribution is -1.92. The predicted octanol–water partition coefficient (Wildman–Crippen LogP) is 3.32. The van der Waals surface area contributed by atoms with Crippen LogP contribution in [0.1, 0.15) is 10.4 Å². The van der Waals surface area contributed by atoms with Gasteiger partial charge < -0.3 is 14.3 Å². The lowest BCUT2D eigenvalue weighted by molar-refractivity contribution is 0.134. The van der Waals surface area contributed by atoms with Crippen molar-refractivity contribution in [1.29, 1.82) is 0 Å². The molecule has 0 spiro atoms. The van der Waals surface area contributed by atoms with E-state index in [1.807, 2.05) is 35.7 Å². The van der Waals surface area contributed by atoms with Crippen LogP contribution in [-0.2, 0) is 11.4 Å². The van der Waals surface area contributed by atoms with Crippen LogP contribution in [-0.4, -0.2) is 20.4 Å². The number of methoxy groups -OCH3 is 2. The van der Waals surface area contributed by atoms with E-state index in [2.05, 4.69) is 5.16 Å². The monoisotopic (exact) mass is 277 g/mol. The minimum Gasteiger partial charge on any atom is -0.493 e. The van der Waals surface area contributed by atoms with Gasteiger partial charge in [-0.2, -0.15) is 0 Å². The van der Waals surface area contributed by atoms with Crippen molar-refractivity contribution >= 4 is 17.6 Å². The van der Waals surface area contributed by atoms with Crippen LogP contribution in [0.4, 0.5) is 0 Å². The van der Waals surface area contributed by atoms with Crippen molar-refractivity contribution in [1.82, 2.24) is 0 Å². The largest absolute Gasteiger partial charge is 0.493 e. The lowest BCUT2D eigenvalue weighted by Gasteiger charge is -2.07. The molecule has 0 aliphatic heterocycles. The van der Waals surface area contributed by atoms with Crippen LogP contribution < -0.4 is 9.47 Å². The maximum atomic E-state index is 5.22. The van der Waals surface area contributed by atoms with E-state index in [4.69, 9.17) is 14.3 Å². The molecule has 0 unspecified atom stereocenters. The van der Waals surface area contributed by atoms with Gasteiger partial charge in [0.25, 0.3) is 0 Å². The Kier molecular flexibility index (Phi) is 4.80. The molecule has 0 radical (unpaired) electrons. The van der Waals surface area contributed by atoms with E-state index in [0.29, 0.717) is 18.1 Å². The molecule has 0 atom stereocenters. The summed E-state index contributed by atoms with van der Waals surface area (Å²) < 4.78 is 10.4. The molecule has 1 aromatic carbocycles. The third kappa shape index (κ3) is 3.72. The number of oxime groups is 1. The Bertz CT molecular complexity index is 538. The highest BCUT2D eigenvalue weighted by Crippen LogP contribution is 2.26. The fourth-order valence-electron chi connectivity index (χ4n) is 1.53. The highest BCUT2D eigenvalue weighted by molar-refractivity contribution is 7.09. The zero-order chi connectivity index (χ0) is 13.5. The molecule has 0 aliphatic rings. The van der Waals surface area contributed by atoms with Crippen LogP contribution >= 0.6 is 11.3 Å². The van der Waals surface area contributed by atoms with Crippen LogP contribution in [0.2, 0.25) is 0 Å². The smallest absolute Gasteiger partial charge is 0.161 e. The minimum atomic E-state index is 0.488. The van der Waals surface area contributed by atoms with Crippen molar-refractivity contribution in [3.8, 4) is 11.5 Å². The van der Waals surface area contributed by atoms with Gasteiger partial charge in [-0.1, -0.05) is 11.2 Å². The van der Waals surface area contributed by atoms with E-state index in [1.54, 1.807) is 31.8 Å². The summed E-state index contributed by atoms with van der Waals surface area (Å²) in [5, 5.41) is 5.94. The summed E-state index contributed by atoms with van der Waals surface area (Å²) in [7, 11) is 3.21. The molecule has 4 nitrogen and oxygen atoms in total. The summed E-state index contributed by atoms with van der Waals surface area (Å²) in [6, 6.07) is 9.56. The van der Waals surface area contributed by atoms with Crippen LogP contribution in [0.15, 0.2) is 40.9 Å². The predicted molar refractivity (Wildman–Crippen MR) is 76.2 cm³/mol. The average molecular weight is 277 g/mol. The Labute approximate surface area is 116 Å². The molecule has 0 N–H and O–H groups in total. The van der Waals surface area contributed by atoms with Crippen LogP contribution in [0, 0.1) is 0 Å². The van der Waals surface area contributed by atoms with Gasteiger partial charge in [0.15, 0.2) is 18.1 Å². The maximum Gasteiger partial charge on any atom is 0.161 e. The van der Waals surface area contributed by atoms with E-state index < -0.39 is 0 Å². The molecule has 100 valence electrons. The molecule has 0 fully saturated rings. The van der Waals surface area contributed by atoms with Crippen molar-refractivity contribution in [3.05, 3.63) is 46.2 Å². The number of thiophene rings is 1. The van der Waals surface area contributed by atoms with Crippen molar-refractivity contribution in [2.24, 2.45) is 5.16 Å². The molecule has 1 aromatic heterocycles. The fraction of sp³-hybridized carbons (Fsp3) is 0.214. The van der Waals surface area contributed by atoms with Crippen LogP contribution in [0.3, 0.4) is 0 Å². The number of benzene rings is 1. The zero-order valence-electron chi connectivity index (χ0n) is 10.8. The van der Waals surface area contributed by atoms with E-state index in [1.165, 1.54) is 0 Å². The molecular formula is C14H15NO3S. The first-order valence-electron chi connectivity index (χ1n) is 5.73. The molecule has 2 aromatic rings. The molecule has 0 saturated heterocycles. The SMILES string of the molecule is COc1ccc(C=NOCc2cccs2)cc1OC. The summed E-state index contributed by atoms with van der Waals surface area (Å²) in [5.74, 6) is 1.36. The molecular weight excluding hydrogens is 262 g/mol. The number of hydrogen-bond acceptors (Lipinski definition) is 5. The summed E-state index contributed by atoms with van der Waals surface area (Å²) in [6.45, 7) is 0.488. The maximum absolute atomic E-state index is 5.22. The normalized spacial score (nSPS) is 10.6. The third-order valence-electron chi connectivity index (χ3n) is 2.47. The van der Waals surface area contributed by atoms with E-state index in [9.17, 15) is 0 Å². The van der Waals surface area contributed by atoms with Gasteiger partial charge in [-0.15, -0.1) is 11.3 Å². The fourth-order valence-corrected chi connectivity index (χ4v) is 2.14. The van der Waals surface area contributed by atoms with Crippen molar-refractivity contribution in [2.45, 2.75) is 6.61 Å². The second kappa shape index (κ2) is 6.80. The van der Waals surface area contributed by atoms with Crippen LogP contribution in [0.25, 0.3) is 0 Å². The summed E-state index contributed by atoms with van der Waals surface area (Å²) in [6.07, 6.45) is 1.65. The number of nitrogens with zero attached hydrogens (tertiary/aromatic N) is 1.